The summed E-state index contributed by atoms with van der Waals surface area (Å²) in [6, 6.07) is -0.326. The summed E-state index contributed by atoms with van der Waals surface area (Å²) in [5.74, 6) is 4.27. The predicted molar refractivity (Wildman–Crippen MR) is 99.7 cm³/mol. The average Bonchev–Trinajstić information content (AvgIpc) is 3.19. The third-order valence-electron chi connectivity index (χ3n) is 8.63. The van der Waals surface area contributed by atoms with Crippen LogP contribution in [0.2, 0.25) is 0 Å². The van der Waals surface area contributed by atoms with Crippen molar-refractivity contribution in [3.8, 4) is 0 Å². The van der Waals surface area contributed by atoms with E-state index in [4.69, 9.17) is 5.73 Å². The van der Waals surface area contributed by atoms with Crippen LogP contribution in [0.1, 0.15) is 58.3 Å². The molecule has 4 aliphatic carbocycles. The van der Waals surface area contributed by atoms with Crippen molar-refractivity contribution in [2.24, 2.45) is 52.6 Å². The fourth-order valence-corrected chi connectivity index (χ4v) is 7.71. The van der Waals surface area contributed by atoms with Crippen LogP contribution in [0.15, 0.2) is 12.2 Å². The lowest BCUT2D eigenvalue weighted by Gasteiger charge is -2.39. The lowest BCUT2D eigenvalue weighted by atomic mass is 9.66. The molecule has 4 rings (SSSR count). The van der Waals surface area contributed by atoms with Gasteiger partial charge >= 0.3 is 0 Å². The molecule has 0 spiro atoms. The summed E-state index contributed by atoms with van der Waals surface area (Å²) in [7, 11) is 0. The summed E-state index contributed by atoms with van der Waals surface area (Å²) in [4.78, 5) is 11.8. The first-order valence-corrected chi connectivity index (χ1v) is 10.5. The molecule has 3 N–H and O–H groups in total. The van der Waals surface area contributed by atoms with Crippen LogP contribution in [0.4, 0.5) is 0 Å². The van der Waals surface area contributed by atoms with Crippen LogP contribution in [0.25, 0.3) is 0 Å². The smallest absolute Gasteiger partial charge is 0.137 e. The number of fused-ring (bicyclic) bond motifs is 3. The Bertz CT molecular complexity index is 546. The van der Waals surface area contributed by atoms with Gasteiger partial charge in [-0.05, 0) is 86.4 Å². The van der Waals surface area contributed by atoms with Crippen LogP contribution in [0, 0.1) is 46.8 Å². The molecule has 25 heavy (non-hydrogen) atoms. The Morgan fingerprint density at radius 2 is 2.12 bits per heavy atom. The van der Waals surface area contributed by atoms with Gasteiger partial charge in [-0.2, -0.15) is 0 Å². The van der Waals surface area contributed by atoms with Crippen molar-refractivity contribution in [3.05, 3.63) is 12.2 Å². The van der Waals surface area contributed by atoms with E-state index in [1.54, 1.807) is 0 Å². The number of hydrogen-bond acceptors (Lipinski definition) is 3. The van der Waals surface area contributed by atoms with E-state index in [1.165, 1.54) is 37.7 Å². The maximum absolute atomic E-state index is 11.8. The van der Waals surface area contributed by atoms with Crippen molar-refractivity contribution in [1.29, 1.82) is 0 Å². The standard InChI is InChI=1S/C22H35NO2/c1-13-8-17-14(2)6-7-19-21(18(17)9-13)22(19,20(23)12-25)16-5-3-4-15(10-16)11-24/h12-13,15-21,24H,2-11,23H2,1H3. The number of aliphatic hydroxyl groups excluding tert-OH is 1. The van der Waals surface area contributed by atoms with Gasteiger partial charge in [0.25, 0.3) is 0 Å². The van der Waals surface area contributed by atoms with Gasteiger partial charge in [-0.25, -0.2) is 0 Å². The molecule has 140 valence electrons. The van der Waals surface area contributed by atoms with Crippen molar-refractivity contribution in [2.75, 3.05) is 6.61 Å². The van der Waals surface area contributed by atoms with Crippen LogP contribution in [0.5, 0.6) is 0 Å². The minimum Gasteiger partial charge on any atom is -0.396 e. The zero-order chi connectivity index (χ0) is 17.8. The van der Waals surface area contributed by atoms with E-state index < -0.39 is 0 Å². The van der Waals surface area contributed by atoms with E-state index in [0.29, 0.717) is 35.5 Å². The summed E-state index contributed by atoms with van der Waals surface area (Å²) in [6.07, 6.45) is 10.5. The number of nitrogens with two attached hydrogens (primary N) is 1. The fraction of sp³-hybridized carbons (Fsp3) is 0.864. The summed E-state index contributed by atoms with van der Waals surface area (Å²) < 4.78 is 0. The molecular weight excluding hydrogens is 310 g/mol. The first-order valence-electron chi connectivity index (χ1n) is 10.5. The molecule has 9 atom stereocenters. The van der Waals surface area contributed by atoms with Gasteiger partial charge in [-0.1, -0.05) is 25.5 Å². The molecule has 9 unspecified atom stereocenters. The summed E-state index contributed by atoms with van der Waals surface area (Å²) in [5, 5.41) is 9.70. The SMILES string of the molecule is C=C1CCC2C(C3CC(C)CC13)C2(C(N)C=O)C1CCCC(CO)C1. The minimum absolute atomic E-state index is 0.0171. The molecule has 0 aromatic heterocycles. The molecule has 0 aliphatic heterocycles. The number of aliphatic hydroxyl groups is 1. The second kappa shape index (κ2) is 6.49. The van der Waals surface area contributed by atoms with Crippen molar-refractivity contribution in [2.45, 2.75) is 64.3 Å². The minimum atomic E-state index is -0.326. The van der Waals surface area contributed by atoms with Gasteiger partial charge in [0, 0.05) is 12.0 Å². The maximum Gasteiger partial charge on any atom is 0.137 e. The topological polar surface area (TPSA) is 63.3 Å². The molecule has 4 fully saturated rings. The zero-order valence-electron chi connectivity index (χ0n) is 15.7. The van der Waals surface area contributed by atoms with Gasteiger partial charge in [-0.15, -0.1) is 0 Å². The summed E-state index contributed by atoms with van der Waals surface area (Å²) >= 11 is 0. The zero-order valence-corrected chi connectivity index (χ0v) is 15.7. The van der Waals surface area contributed by atoms with Gasteiger partial charge in [0.2, 0.25) is 0 Å². The lowest BCUT2D eigenvalue weighted by molar-refractivity contribution is -0.111. The first kappa shape index (κ1) is 17.7. The Morgan fingerprint density at radius 1 is 1.32 bits per heavy atom. The van der Waals surface area contributed by atoms with E-state index in [-0.39, 0.29) is 18.1 Å². The number of carbonyl (C=O) groups is 1. The largest absolute Gasteiger partial charge is 0.396 e. The second-order valence-corrected chi connectivity index (χ2v) is 9.75. The highest BCUT2D eigenvalue weighted by atomic mass is 16.3. The number of hydrogen-bond donors (Lipinski definition) is 2. The van der Waals surface area contributed by atoms with Gasteiger partial charge in [0.05, 0.1) is 6.04 Å². The Kier molecular flexibility index (Phi) is 4.60. The van der Waals surface area contributed by atoms with Crippen molar-refractivity contribution in [3.63, 3.8) is 0 Å². The molecule has 0 saturated heterocycles. The summed E-state index contributed by atoms with van der Waals surface area (Å²) in [6.45, 7) is 7.09. The maximum atomic E-state index is 11.8. The number of allylic oxidation sites excluding steroid dienone is 1. The van der Waals surface area contributed by atoms with E-state index in [0.717, 1.165) is 31.5 Å². The monoisotopic (exact) mass is 345 g/mol. The quantitative estimate of drug-likeness (QED) is 0.605. The number of aldehydes is 1. The van der Waals surface area contributed by atoms with E-state index in [2.05, 4.69) is 13.5 Å². The fourth-order valence-electron chi connectivity index (χ4n) is 7.71. The normalized spacial score (nSPS) is 50.5. The van der Waals surface area contributed by atoms with E-state index in [1.807, 2.05) is 0 Å². The molecule has 4 aliphatic rings. The Morgan fingerprint density at radius 3 is 2.84 bits per heavy atom. The Labute approximate surface area is 152 Å². The van der Waals surface area contributed by atoms with Crippen LogP contribution in [-0.2, 0) is 4.79 Å². The number of carbonyl (C=O) groups excluding carboxylic acids is 1. The van der Waals surface area contributed by atoms with Crippen molar-refractivity contribution >= 4 is 6.29 Å². The highest BCUT2D eigenvalue weighted by Gasteiger charge is 2.73. The Balaban J connectivity index is 1.67. The molecule has 3 heteroatoms. The lowest BCUT2D eigenvalue weighted by Crippen LogP contribution is -2.44. The predicted octanol–water partition coefficient (Wildman–Crippen LogP) is 3.56. The van der Waals surface area contributed by atoms with Gasteiger partial charge in [0.1, 0.15) is 6.29 Å². The molecule has 0 amide bonds. The number of rotatable bonds is 4. The van der Waals surface area contributed by atoms with Crippen LogP contribution in [0.3, 0.4) is 0 Å². The second-order valence-electron chi connectivity index (χ2n) is 9.75. The van der Waals surface area contributed by atoms with E-state index >= 15 is 0 Å². The molecule has 0 bridgehead atoms. The molecular formula is C22H35NO2. The molecule has 3 nitrogen and oxygen atoms in total. The molecule has 4 saturated carbocycles. The Hall–Kier alpha value is -0.670. The molecule has 0 radical (unpaired) electrons. The van der Waals surface area contributed by atoms with Gasteiger partial charge < -0.3 is 15.6 Å². The van der Waals surface area contributed by atoms with E-state index in [9.17, 15) is 9.90 Å². The highest BCUT2D eigenvalue weighted by molar-refractivity contribution is 5.61. The van der Waals surface area contributed by atoms with Crippen molar-refractivity contribution < 1.29 is 9.90 Å². The van der Waals surface area contributed by atoms with Crippen LogP contribution >= 0.6 is 0 Å². The van der Waals surface area contributed by atoms with Gasteiger partial charge in [0.15, 0.2) is 0 Å². The van der Waals surface area contributed by atoms with Crippen molar-refractivity contribution in [1.82, 2.24) is 0 Å². The highest BCUT2D eigenvalue weighted by Crippen LogP contribution is 2.75. The molecule has 0 heterocycles. The average molecular weight is 346 g/mol. The molecule has 0 aromatic carbocycles. The third kappa shape index (κ3) is 2.56. The van der Waals surface area contributed by atoms with Gasteiger partial charge in [-0.3, -0.25) is 0 Å². The third-order valence-corrected chi connectivity index (χ3v) is 8.63. The van der Waals surface area contributed by atoms with Crippen LogP contribution < -0.4 is 5.73 Å². The molecule has 0 aromatic rings. The van der Waals surface area contributed by atoms with Crippen LogP contribution in [-0.4, -0.2) is 24.0 Å². The summed E-state index contributed by atoms with van der Waals surface area (Å²) in [5.41, 5.74) is 8.02. The first-order chi connectivity index (χ1) is 12.0.